The maximum absolute atomic E-state index is 12.4. The zero-order chi connectivity index (χ0) is 10.0. The summed E-state index contributed by atoms with van der Waals surface area (Å²) in [4.78, 5) is 0. The molecule has 13 heavy (non-hydrogen) atoms. The number of halogens is 4. The van der Waals surface area contributed by atoms with E-state index in [2.05, 4.69) is 15.9 Å². The Morgan fingerprint density at radius 1 is 1.46 bits per heavy atom. The van der Waals surface area contributed by atoms with Crippen molar-refractivity contribution >= 4 is 27.5 Å². The summed E-state index contributed by atoms with van der Waals surface area (Å²) in [5.74, 6) is 0. The van der Waals surface area contributed by atoms with E-state index in [1.807, 2.05) is 0 Å². The summed E-state index contributed by atoms with van der Waals surface area (Å²) < 4.78 is 24.9. The molecule has 0 fully saturated rings. The lowest BCUT2D eigenvalue weighted by molar-refractivity contribution is 0.150. The van der Waals surface area contributed by atoms with E-state index in [0.29, 0.717) is 0 Å². The van der Waals surface area contributed by atoms with Crippen molar-refractivity contribution in [3.05, 3.63) is 32.8 Å². The van der Waals surface area contributed by atoms with Crippen molar-refractivity contribution in [1.82, 2.24) is 0 Å². The van der Waals surface area contributed by atoms with E-state index >= 15 is 0 Å². The van der Waals surface area contributed by atoms with Crippen LogP contribution in [0.3, 0.4) is 0 Å². The summed E-state index contributed by atoms with van der Waals surface area (Å²) >= 11 is 8.50. The minimum atomic E-state index is -2.68. The molecule has 5 heteroatoms. The maximum atomic E-state index is 12.4. The predicted molar refractivity (Wildman–Crippen MR) is 48.8 cm³/mol. The van der Waals surface area contributed by atoms with Crippen molar-refractivity contribution in [2.75, 3.05) is 0 Å². The van der Waals surface area contributed by atoms with Crippen molar-refractivity contribution in [3.8, 4) is 6.07 Å². The van der Waals surface area contributed by atoms with Gasteiger partial charge in [-0.15, -0.1) is 0 Å². The molecule has 0 amide bonds. The summed E-state index contributed by atoms with van der Waals surface area (Å²) in [6, 6.07) is 4.22. The van der Waals surface area contributed by atoms with Crippen molar-refractivity contribution in [2.24, 2.45) is 0 Å². The molecular formula is C8H3BrClF2N. The zero-order valence-electron chi connectivity index (χ0n) is 6.19. The molecule has 0 saturated heterocycles. The molecule has 0 unspecified atom stereocenters. The van der Waals surface area contributed by atoms with Crippen LogP contribution in [-0.4, -0.2) is 0 Å². The van der Waals surface area contributed by atoms with E-state index in [1.165, 1.54) is 12.1 Å². The lowest BCUT2D eigenvalue weighted by Gasteiger charge is -2.05. The summed E-state index contributed by atoms with van der Waals surface area (Å²) in [6.45, 7) is 0. The normalized spacial score (nSPS) is 10.2. The number of nitriles is 1. The zero-order valence-corrected chi connectivity index (χ0v) is 8.53. The largest absolute Gasteiger partial charge is 0.266 e. The summed E-state index contributed by atoms with van der Waals surface area (Å²) in [7, 11) is 0. The third-order valence-electron chi connectivity index (χ3n) is 1.43. The minimum Gasteiger partial charge on any atom is -0.205 e. The molecule has 1 rings (SSSR count). The van der Waals surface area contributed by atoms with E-state index in [4.69, 9.17) is 16.9 Å². The van der Waals surface area contributed by atoms with Crippen LogP contribution in [0.4, 0.5) is 8.78 Å². The second-order valence-corrected chi connectivity index (χ2v) is 3.55. The van der Waals surface area contributed by atoms with Crippen LogP contribution in [0.5, 0.6) is 0 Å². The SMILES string of the molecule is N#Cc1cc(Cl)cc(Br)c1C(F)F. The quantitative estimate of drug-likeness (QED) is 0.756. The molecule has 0 bridgehead atoms. The maximum Gasteiger partial charge on any atom is 0.266 e. The Morgan fingerprint density at radius 2 is 2.08 bits per heavy atom. The van der Waals surface area contributed by atoms with Crippen molar-refractivity contribution in [3.63, 3.8) is 0 Å². The highest BCUT2D eigenvalue weighted by atomic mass is 79.9. The number of nitrogens with zero attached hydrogens (tertiary/aromatic N) is 1. The van der Waals surface area contributed by atoms with Gasteiger partial charge in [-0.25, -0.2) is 8.78 Å². The molecule has 68 valence electrons. The second-order valence-electron chi connectivity index (χ2n) is 2.26. The van der Waals surface area contributed by atoms with Crippen LogP contribution >= 0.6 is 27.5 Å². The molecule has 1 nitrogen and oxygen atoms in total. The lowest BCUT2D eigenvalue weighted by Crippen LogP contribution is -1.92. The minimum absolute atomic E-state index is 0.102. The first kappa shape index (κ1) is 10.4. The molecule has 0 atom stereocenters. The third-order valence-corrected chi connectivity index (χ3v) is 2.31. The molecule has 0 N–H and O–H groups in total. The standard InChI is InChI=1S/C8H3BrClF2N/c9-6-2-5(10)1-4(3-13)7(6)8(11)12/h1-2,8H. The monoisotopic (exact) mass is 265 g/mol. The molecule has 0 heterocycles. The lowest BCUT2D eigenvalue weighted by atomic mass is 10.1. The number of hydrogen-bond acceptors (Lipinski definition) is 1. The second kappa shape index (κ2) is 4.03. The van der Waals surface area contributed by atoms with Gasteiger partial charge in [-0.05, 0) is 12.1 Å². The topological polar surface area (TPSA) is 23.8 Å². The van der Waals surface area contributed by atoms with Gasteiger partial charge in [0, 0.05) is 15.1 Å². The molecule has 0 spiro atoms. The molecular weight excluding hydrogens is 263 g/mol. The fourth-order valence-corrected chi connectivity index (χ4v) is 1.88. The summed E-state index contributed by atoms with van der Waals surface area (Å²) in [6.07, 6.45) is -2.68. The van der Waals surface area contributed by atoms with Gasteiger partial charge < -0.3 is 0 Å². The van der Waals surface area contributed by atoms with Gasteiger partial charge in [0.1, 0.15) is 0 Å². The Morgan fingerprint density at radius 3 is 2.54 bits per heavy atom. The molecule has 0 radical (unpaired) electrons. The van der Waals surface area contributed by atoms with Crippen molar-refractivity contribution < 1.29 is 8.78 Å². The van der Waals surface area contributed by atoms with Gasteiger partial charge in [-0.3, -0.25) is 0 Å². The average molecular weight is 266 g/mol. The Hall–Kier alpha value is -0.660. The average Bonchev–Trinajstić information content (AvgIpc) is 2.01. The Balaban J connectivity index is 3.41. The first-order valence-corrected chi connectivity index (χ1v) is 4.40. The van der Waals surface area contributed by atoms with E-state index in [0.717, 1.165) is 0 Å². The fraction of sp³-hybridized carbons (Fsp3) is 0.125. The molecule has 1 aromatic carbocycles. The van der Waals surface area contributed by atoms with Gasteiger partial charge in [0.25, 0.3) is 6.43 Å². The third kappa shape index (κ3) is 2.17. The van der Waals surface area contributed by atoms with Gasteiger partial charge in [-0.1, -0.05) is 27.5 Å². The molecule has 0 aliphatic carbocycles. The van der Waals surface area contributed by atoms with Gasteiger partial charge in [-0.2, -0.15) is 5.26 Å². The van der Waals surface area contributed by atoms with Gasteiger partial charge in [0.15, 0.2) is 0 Å². The number of alkyl halides is 2. The van der Waals surface area contributed by atoms with Crippen LogP contribution in [0.2, 0.25) is 5.02 Å². The van der Waals surface area contributed by atoms with Crippen LogP contribution < -0.4 is 0 Å². The Labute approximate surface area is 87.1 Å². The Kier molecular flexibility index (Phi) is 3.23. The van der Waals surface area contributed by atoms with Crippen LogP contribution in [-0.2, 0) is 0 Å². The van der Waals surface area contributed by atoms with Crippen LogP contribution in [0.25, 0.3) is 0 Å². The molecule has 1 aromatic rings. The van der Waals surface area contributed by atoms with Crippen LogP contribution in [0.15, 0.2) is 16.6 Å². The molecule has 0 aromatic heterocycles. The molecule has 0 aliphatic heterocycles. The smallest absolute Gasteiger partial charge is 0.205 e. The highest BCUT2D eigenvalue weighted by Gasteiger charge is 2.17. The number of benzene rings is 1. The molecule has 0 aliphatic rings. The van der Waals surface area contributed by atoms with E-state index < -0.39 is 6.43 Å². The number of hydrogen-bond donors (Lipinski definition) is 0. The molecule has 0 saturated carbocycles. The van der Waals surface area contributed by atoms with Crippen molar-refractivity contribution in [2.45, 2.75) is 6.43 Å². The van der Waals surface area contributed by atoms with Crippen molar-refractivity contribution in [1.29, 1.82) is 5.26 Å². The first-order valence-electron chi connectivity index (χ1n) is 3.23. The highest BCUT2D eigenvalue weighted by molar-refractivity contribution is 9.10. The van der Waals surface area contributed by atoms with E-state index in [9.17, 15) is 8.78 Å². The fourth-order valence-electron chi connectivity index (χ4n) is 0.899. The summed E-state index contributed by atoms with van der Waals surface area (Å²) in [5, 5.41) is 8.81. The van der Waals surface area contributed by atoms with Crippen LogP contribution in [0, 0.1) is 11.3 Å². The van der Waals surface area contributed by atoms with Gasteiger partial charge in [0.2, 0.25) is 0 Å². The van der Waals surface area contributed by atoms with E-state index in [-0.39, 0.29) is 20.6 Å². The predicted octanol–water partition coefficient (Wildman–Crippen LogP) is 3.91. The van der Waals surface area contributed by atoms with Crippen LogP contribution in [0.1, 0.15) is 17.6 Å². The summed E-state index contributed by atoms with van der Waals surface area (Å²) in [5.41, 5.74) is -0.415. The van der Waals surface area contributed by atoms with E-state index in [1.54, 1.807) is 6.07 Å². The van der Waals surface area contributed by atoms with Gasteiger partial charge >= 0.3 is 0 Å². The van der Waals surface area contributed by atoms with Gasteiger partial charge in [0.05, 0.1) is 11.6 Å². The number of rotatable bonds is 1. The highest BCUT2D eigenvalue weighted by Crippen LogP contribution is 2.32. The first-order chi connectivity index (χ1) is 6.06. The Bertz CT molecular complexity index is 373.